The molecule has 0 radical (unpaired) electrons. The van der Waals surface area contributed by atoms with Crippen LogP contribution in [0, 0.1) is 0 Å². The van der Waals surface area contributed by atoms with E-state index in [0.717, 1.165) is 9.88 Å². The van der Waals surface area contributed by atoms with Crippen LogP contribution >= 0.6 is 11.3 Å². The molecule has 1 heterocycles. The van der Waals surface area contributed by atoms with Gasteiger partial charge in [-0.2, -0.15) is 0 Å². The second kappa shape index (κ2) is 5.03. The maximum absolute atomic E-state index is 8.73. The Hall–Kier alpha value is -0.710. The van der Waals surface area contributed by atoms with Crippen molar-refractivity contribution in [3.05, 3.63) is 22.2 Å². The van der Waals surface area contributed by atoms with Crippen LogP contribution in [0.2, 0.25) is 0 Å². The van der Waals surface area contributed by atoms with Gasteiger partial charge in [0.05, 0.1) is 11.5 Å². The van der Waals surface area contributed by atoms with Crippen LogP contribution in [0.25, 0.3) is 6.08 Å². The maximum Gasteiger partial charge on any atom is 0.116 e. The second-order valence-corrected chi connectivity index (χ2v) is 3.38. The third-order valence-electron chi connectivity index (χ3n) is 1.28. The molecule has 4 heteroatoms. The van der Waals surface area contributed by atoms with Crippen molar-refractivity contribution >= 4 is 17.4 Å². The number of aliphatic hydroxyl groups is 2. The van der Waals surface area contributed by atoms with Crippen LogP contribution in [-0.4, -0.2) is 21.8 Å². The number of hydrogen-bond acceptors (Lipinski definition) is 4. The van der Waals surface area contributed by atoms with Gasteiger partial charge in [-0.1, -0.05) is 6.08 Å². The molecule has 0 unspecified atom stereocenters. The molecule has 2 N–H and O–H groups in total. The lowest BCUT2D eigenvalue weighted by molar-refractivity contribution is 0.285. The molecule has 3 nitrogen and oxygen atoms in total. The molecule has 12 heavy (non-hydrogen) atoms. The monoisotopic (exact) mass is 185 g/mol. The van der Waals surface area contributed by atoms with Crippen LogP contribution in [0.3, 0.4) is 0 Å². The molecule has 0 saturated heterocycles. The van der Waals surface area contributed by atoms with E-state index in [1.165, 1.54) is 11.3 Å². The Morgan fingerprint density at radius 1 is 1.50 bits per heavy atom. The summed E-state index contributed by atoms with van der Waals surface area (Å²) in [5.41, 5.74) is 0. The van der Waals surface area contributed by atoms with E-state index in [1.807, 2.05) is 12.2 Å². The molecule has 0 aliphatic heterocycles. The van der Waals surface area contributed by atoms with E-state index in [1.54, 1.807) is 6.20 Å². The smallest absolute Gasteiger partial charge is 0.116 e. The van der Waals surface area contributed by atoms with E-state index < -0.39 is 0 Å². The second-order valence-electron chi connectivity index (χ2n) is 2.24. The zero-order valence-corrected chi connectivity index (χ0v) is 7.42. The largest absolute Gasteiger partial charge is 0.396 e. The fourth-order valence-electron chi connectivity index (χ4n) is 0.731. The summed E-state index contributed by atoms with van der Waals surface area (Å²) >= 11 is 1.45. The van der Waals surface area contributed by atoms with Crippen LogP contribution in [0.15, 0.2) is 12.3 Å². The molecule has 1 rings (SSSR count). The molecule has 0 spiro atoms. The zero-order valence-electron chi connectivity index (χ0n) is 6.60. The molecule has 0 aliphatic carbocycles. The molecule has 1 aromatic heterocycles. The minimum Gasteiger partial charge on any atom is -0.396 e. The quantitative estimate of drug-likeness (QED) is 0.736. The fourth-order valence-corrected chi connectivity index (χ4v) is 1.44. The Morgan fingerprint density at radius 3 is 2.92 bits per heavy atom. The summed E-state index contributed by atoms with van der Waals surface area (Å²) in [5, 5.41) is 18.1. The predicted octanol–water partition coefficient (Wildman–Crippen LogP) is 1.03. The minimum absolute atomic E-state index is 0.0471. The highest BCUT2D eigenvalue weighted by molar-refractivity contribution is 7.12. The van der Waals surface area contributed by atoms with Crippen molar-refractivity contribution in [3.8, 4) is 0 Å². The Bertz CT molecular complexity index is 257. The van der Waals surface area contributed by atoms with Crippen molar-refractivity contribution in [3.63, 3.8) is 0 Å². The van der Waals surface area contributed by atoms with E-state index >= 15 is 0 Å². The molecule has 0 amide bonds. The van der Waals surface area contributed by atoms with Crippen LogP contribution in [0.5, 0.6) is 0 Å². The lowest BCUT2D eigenvalue weighted by Crippen LogP contribution is -1.74. The van der Waals surface area contributed by atoms with E-state index in [2.05, 4.69) is 4.98 Å². The SMILES string of the molecule is OCCC=Cc1ncc(CO)s1. The first-order valence-electron chi connectivity index (χ1n) is 3.69. The van der Waals surface area contributed by atoms with E-state index in [4.69, 9.17) is 10.2 Å². The first kappa shape index (κ1) is 9.38. The molecule has 0 fully saturated rings. The van der Waals surface area contributed by atoms with Crippen molar-refractivity contribution in [2.45, 2.75) is 13.0 Å². The van der Waals surface area contributed by atoms with Crippen LogP contribution < -0.4 is 0 Å². The van der Waals surface area contributed by atoms with Gasteiger partial charge in [-0.3, -0.25) is 0 Å². The summed E-state index contributed by atoms with van der Waals surface area (Å²) in [6, 6.07) is 0. The summed E-state index contributed by atoms with van der Waals surface area (Å²) in [7, 11) is 0. The van der Waals surface area contributed by atoms with Crippen LogP contribution in [0.4, 0.5) is 0 Å². The van der Waals surface area contributed by atoms with Crippen molar-refractivity contribution in [1.29, 1.82) is 0 Å². The highest BCUT2D eigenvalue weighted by Crippen LogP contribution is 2.13. The summed E-state index contributed by atoms with van der Waals surface area (Å²) < 4.78 is 0. The molecule has 0 atom stereocenters. The number of nitrogens with zero attached hydrogens (tertiary/aromatic N) is 1. The minimum atomic E-state index is 0.0471. The van der Waals surface area contributed by atoms with E-state index in [0.29, 0.717) is 6.42 Å². The molecule has 0 bridgehead atoms. The molecule has 0 saturated carbocycles. The number of aliphatic hydroxyl groups excluding tert-OH is 2. The lowest BCUT2D eigenvalue weighted by atomic mass is 10.4. The topological polar surface area (TPSA) is 53.4 Å². The molecule has 0 aromatic carbocycles. The standard InChI is InChI=1S/C8H11NO2S/c10-4-2-1-3-8-9-5-7(6-11)12-8/h1,3,5,10-11H,2,4,6H2. The summed E-state index contributed by atoms with van der Waals surface area (Å²) in [5.74, 6) is 0. The highest BCUT2D eigenvalue weighted by atomic mass is 32.1. The highest BCUT2D eigenvalue weighted by Gasteiger charge is 1.95. The summed E-state index contributed by atoms with van der Waals surface area (Å²) in [4.78, 5) is 4.91. The Labute approximate surface area is 75.0 Å². The normalized spacial score (nSPS) is 11.2. The summed E-state index contributed by atoms with van der Waals surface area (Å²) in [6.45, 7) is 0.209. The third kappa shape index (κ3) is 2.73. The fraction of sp³-hybridized carbons (Fsp3) is 0.375. The van der Waals surface area contributed by atoms with Gasteiger partial charge in [-0.05, 0) is 12.5 Å². The van der Waals surface area contributed by atoms with Gasteiger partial charge in [0.25, 0.3) is 0 Å². The van der Waals surface area contributed by atoms with Crippen molar-refractivity contribution in [1.82, 2.24) is 4.98 Å². The molecule has 66 valence electrons. The molecule has 1 aromatic rings. The van der Waals surface area contributed by atoms with Gasteiger partial charge in [-0.25, -0.2) is 4.98 Å². The predicted molar refractivity (Wildman–Crippen MR) is 48.8 cm³/mol. The lowest BCUT2D eigenvalue weighted by Gasteiger charge is -1.83. The number of thiazole rings is 1. The Morgan fingerprint density at radius 2 is 2.33 bits per heavy atom. The van der Waals surface area contributed by atoms with E-state index in [-0.39, 0.29) is 13.2 Å². The molecule has 0 aliphatic rings. The maximum atomic E-state index is 8.73. The Kier molecular flexibility index (Phi) is 3.93. The van der Waals surface area contributed by atoms with Crippen molar-refractivity contribution in [2.24, 2.45) is 0 Å². The van der Waals surface area contributed by atoms with Gasteiger partial charge in [0.2, 0.25) is 0 Å². The number of aromatic nitrogens is 1. The zero-order chi connectivity index (χ0) is 8.81. The van der Waals surface area contributed by atoms with E-state index in [9.17, 15) is 0 Å². The molecular formula is C8H11NO2S. The summed E-state index contributed by atoms with van der Waals surface area (Å²) in [6.07, 6.45) is 6.01. The van der Waals surface area contributed by atoms with Gasteiger partial charge in [0.15, 0.2) is 0 Å². The van der Waals surface area contributed by atoms with Gasteiger partial charge < -0.3 is 10.2 Å². The van der Waals surface area contributed by atoms with Crippen molar-refractivity contribution < 1.29 is 10.2 Å². The average molecular weight is 185 g/mol. The third-order valence-corrected chi connectivity index (χ3v) is 2.23. The van der Waals surface area contributed by atoms with Crippen molar-refractivity contribution in [2.75, 3.05) is 6.61 Å². The number of rotatable bonds is 4. The molecular weight excluding hydrogens is 174 g/mol. The van der Waals surface area contributed by atoms with Crippen LogP contribution in [0.1, 0.15) is 16.3 Å². The van der Waals surface area contributed by atoms with Gasteiger partial charge in [0, 0.05) is 12.8 Å². The van der Waals surface area contributed by atoms with Crippen LogP contribution in [-0.2, 0) is 6.61 Å². The average Bonchev–Trinajstić information content (AvgIpc) is 2.53. The Balaban J connectivity index is 2.51. The van der Waals surface area contributed by atoms with Gasteiger partial charge in [0.1, 0.15) is 5.01 Å². The van der Waals surface area contributed by atoms with Gasteiger partial charge in [-0.15, -0.1) is 11.3 Å². The first-order chi connectivity index (χ1) is 5.86. The number of hydrogen-bond donors (Lipinski definition) is 2. The van der Waals surface area contributed by atoms with Gasteiger partial charge >= 0.3 is 0 Å². The first-order valence-corrected chi connectivity index (χ1v) is 4.51.